The highest BCUT2D eigenvalue weighted by atomic mass is 16.3. The van der Waals surface area contributed by atoms with Crippen LogP contribution in [0.4, 0.5) is 0 Å². The second-order valence-corrected chi connectivity index (χ2v) is 8.90. The Labute approximate surface area is 146 Å². The lowest BCUT2D eigenvalue weighted by Gasteiger charge is -2.58. The number of nitrogens with zero attached hydrogens (tertiary/aromatic N) is 1. The second-order valence-electron chi connectivity index (χ2n) is 8.90. The molecule has 6 unspecified atom stereocenters. The van der Waals surface area contributed by atoms with Gasteiger partial charge in [0.05, 0.1) is 6.10 Å². The Hall–Kier alpha value is -0.900. The van der Waals surface area contributed by atoms with E-state index in [1.165, 1.54) is 0 Å². The quantitative estimate of drug-likeness (QED) is 0.754. The predicted molar refractivity (Wildman–Crippen MR) is 96.1 cm³/mol. The molecule has 2 N–H and O–H groups in total. The maximum absolute atomic E-state index is 11.7. The maximum Gasteiger partial charge on any atom is 0.210 e. The van der Waals surface area contributed by atoms with Crippen LogP contribution in [0.2, 0.25) is 0 Å². The summed E-state index contributed by atoms with van der Waals surface area (Å²) in [7, 11) is 0. The maximum atomic E-state index is 11.7. The molecule has 3 rings (SSSR count). The summed E-state index contributed by atoms with van der Waals surface area (Å²) in [5, 5.41) is 18.5. The first-order chi connectivity index (χ1) is 11.4. The van der Waals surface area contributed by atoms with Crippen molar-refractivity contribution < 1.29 is 9.90 Å². The van der Waals surface area contributed by atoms with E-state index < -0.39 is 0 Å². The number of nitrogens with one attached hydrogen (secondary N) is 1. The van der Waals surface area contributed by atoms with Crippen molar-refractivity contribution in [1.29, 1.82) is 5.41 Å². The summed E-state index contributed by atoms with van der Waals surface area (Å²) in [5.41, 5.74) is 0.938. The Morgan fingerprint density at radius 3 is 2.75 bits per heavy atom. The predicted octanol–water partition coefficient (Wildman–Crippen LogP) is 3.62. The number of hydrogen-bond acceptors (Lipinski definition) is 3. The normalized spacial score (nSPS) is 43.2. The lowest BCUT2D eigenvalue weighted by molar-refractivity contribution is -0.139. The van der Waals surface area contributed by atoms with E-state index in [9.17, 15) is 9.90 Å². The fourth-order valence-corrected chi connectivity index (χ4v) is 6.20. The second kappa shape index (κ2) is 6.44. The molecule has 6 atom stereocenters. The zero-order chi connectivity index (χ0) is 17.5. The molecule has 2 saturated carbocycles. The van der Waals surface area contributed by atoms with E-state index >= 15 is 0 Å². The van der Waals surface area contributed by atoms with Gasteiger partial charge in [0.1, 0.15) is 0 Å². The van der Waals surface area contributed by atoms with Crippen molar-refractivity contribution in [3.63, 3.8) is 0 Å². The average Bonchev–Trinajstić information content (AvgIpc) is 2.88. The summed E-state index contributed by atoms with van der Waals surface area (Å²) in [6.07, 6.45) is 8.65. The number of hydrogen-bond donors (Lipinski definition) is 2. The highest BCUT2D eigenvalue weighted by Gasteiger charge is 2.57. The van der Waals surface area contributed by atoms with Crippen LogP contribution in [-0.2, 0) is 4.79 Å². The van der Waals surface area contributed by atoms with Crippen molar-refractivity contribution in [1.82, 2.24) is 4.90 Å². The number of carbonyl (C=O) groups excluding carboxylic acids is 1. The Morgan fingerprint density at radius 1 is 1.33 bits per heavy atom. The van der Waals surface area contributed by atoms with Gasteiger partial charge in [0.2, 0.25) is 6.41 Å². The molecule has 136 valence electrons. The van der Waals surface area contributed by atoms with Crippen molar-refractivity contribution in [3.8, 4) is 0 Å². The van der Waals surface area contributed by atoms with Crippen LogP contribution in [0.5, 0.6) is 0 Å². The molecule has 2 aliphatic carbocycles. The van der Waals surface area contributed by atoms with Crippen LogP contribution in [-0.4, -0.2) is 40.3 Å². The minimum absolute atomic E-state index is 0.106. The fraction of sp³-hybridized carbons (Fsp3) is 0.900. The molecule has 4 heteroatoms. The van der Waals surface area contributed by atoms with Gasteiger partial charge in [-0.15, -0.1) is 0 Å². The molecule has 0 aromatic heterocycles. The largest absolute Gasteiger partial charge is 0.393 e. The third kappa shape index (κ3) is 2.61. The van der Waals surface area contributed by atoms with Gasteiger partial charge in [-0.25, -0.2) is 0 Å². The molecule has 1 saturated heterocycles. The summed E-state index contributed by atoms with van der Waals surface area (Å²) in [4.78, 5) is 13.8. The van der Waals surface area contributed by atoms with Crippen molar-refractivity contribution in [2.75, 3.05) is 6.54 Å². The van der Waals surface area contributed by atoms with E-state index in [-0.39, 0.29) is 17.1 Å². The van der Waals surface area contributed by atoms with Gasteiger partial charge in [-0.05, 0) is 76.0 Å². The van der Waals surface area contributed by atoms with Crippen molar-refractivity contribution in [3.05, 3.63) is 0 Å². The molecule has 3 fully saturated rings. The molecular weight excluding hydrogens is 300 g/mol. The Bertz CT molecular complexity index is 508. The summed E-state index contributed by atoms with van der Waals surface area (Å²) in [6.45, 7) is 7.42. The average molecular weight is 335 g/mol. The van der Waals surface area contributed by atoms with Crippen molar-refractivity contribution >= 4 is 12.1 Å². The van der Waals surface area contributed by atoms with Gasteiger partial charge in [-0.2, -0.15) is 0 Å². The lowest BCUT2D eigenvalue weighted by atomic mass is 9.53. The zero-order valence-electron chi connectivity index (χ0n) is 15.6. The van der Waals surface area contributed by atoms with E-state index in [4.69, 9.17) is 5.41 Å². The Morgan fingerprint density at radius 2 is 2.08 bits per heavy atom. The number of piperidine rings is 1. The summed E-state index contributed by atoms with van der Waals surface area (Å²) >= 11 is 0. The Balaban J connectivity index is 1.85. The van der Waals surface area contributed by atoms with Gasteiger partial charge in [0, 0.05) is 23.2 Å². The van der Waals surface area contributed by atoms with E-state index in [0.29, 0.717) is 17.8 Å². The molecule has 4 nitrogen and oxygen atoms in total. The zero-order valence-corrected chi connectivity index (χ0v) is 15.6. The third-order valence-electron chi connectivity index (χ3n) is 7.96. The topological polar surface area (TPSA) is 64.4 Å². The summed E-state index contributed by atoms with van der Waals surface area (Å²) in [5.74, 6) is 1.77. The summed E-state index contributed by atoms with van der Waals surface area (Å²) < 4.78 is 0. The molecule has 0 radical (unpaired) electrons. The summed E-state index contributed by atoms with van der Waals surface area (Å²) in [6, 6.07) is 0. The van der Waals surface area contributed by atoms with Crippen molar-refractivity contribution in [2.24, 2.45) is 23.2 Å². The van der Waals surface area contributed by atoms with Crippen LogP contribution < -0.4 is 0 Å². The van der Waals surface area contributed by atoms with E-state index in [2.05, 4.69) is 13.8 Å². The standard InChI is InChI=1S/C20H34N2O2/c1-4-14(24)7-11-20(3)17-8-10-19(2)16(5-6-18(19)21)15(17)9-12-22(20)13-23/h13-17,21,24H,4-12H2,1-3H3. The molecule has 3 aliphatic rings. The van der Waals surface area contributed by atoms with Crippen LogP contribution in [0.1, 0.15) is 72.1 Å². The molecule has 1 aliphatic heterocycles. The van der Waals surface area contributed by atoms with Gasteiger partial charge >= 0.3 is 0 Å². The van der Waals surface area contributed by atoms with Gasteiger partial charge in [-0.3, -0.25) is 4.79 Å². The number of rotatable bonds is 5. The SMILES string of the molecule is CCC(O)CCC1(C)C2CCC3(C)C(=N)CCC3C2CCN1C=O. The number of aliphatic hydroxyl groups excluding tert-OH is 1. The number of likely N-dealkylation sites (tertiary alicyclic amines) is 1. The number of aliphatic hydroxyl groups is 1. The monoisotopic (exact) mass is 334 g/mol. The molecule has 1 heterocycles. The molecule has 1 amide bonds. The van der Waals surface area contributed by atoms with Gasteiger partial charge < -0.3 is 15.4 Å². The van der Waals surface area contributed by atoms with Crippen LogP contribution in [0.15, 0.2) is 0 Å². The molecule has 0 bridgehead atoms. The van der Waals surface area contributed by atoms with Crippen LogP contribution >= 0.6 is 0 Å². The van der Waals surface area contributed by atoms with E-state index in [0.717, 1.165) is 70.0 Å². The highest BCUT2D eigenvalue weighted by molar-refractivity contribution is 5.89. The van der Waals surface area contributed by atoms with Gasteiger partial charge in [0.15, 0.2) is 0 Å². The van der Waals surface area contributed by atoms with Gasteiger partial charge in [-0.1, -0.05) is 13.8 Å². The number of fused-ring (bicyclic) bond motifs is 3. The molecule has 0 aromatic carbocycles. The first-order valence-corrected chi connectivity index (χ1v) is 9.84. The first kappa shape index (κ1) is 17.9. The van der Waals surface area contributed by atoms with E-state index in [1.807, 2.05) is 11.8 Å². The van der Waals surface area contributed by atoms with Gasteiger partial charge in [0.25, 0.3) is 0 Å². The number of amides is 1. The number of carbonyl (C=O) groups is 1. The Kier molecular flexibility index (Phi) is 4.80. The van der Waals surface area contributed by atoms with Crippen LogP contribution in [0, 0.1) is 28.6 Å². The fourth-order valence-electron chi connectivity index (χ4n) is 6.20. The van der Waals surface area contributed by atoms with E-state index in [1.54, 1.807) is 0 Å². The third-order valence-corrected chi connectivity index (χ3v) is 7.96. The lowest BCUT2D eigenvalue weighted by Crippen LogP contribution is -2.61. The molecule has 0 aromatic rings. The van der Waals surface area contributed by atoms with Crippen molar-refractivity contribution in [2.45, 2.75) is 83.8 Å². The molecule has 0 spiro atoms. The smallest absolute Gasteiger partial charge is 0.210 e. The minimum atomic E-state index is -0.260. The first-order valence-electron chi connectivity index (χ1n) is 9.84. The minimum Gasteiger partial charge on any atom is -0.393 e. The van der Waals surface area contributed by atoms with Crippen LogP contribution in [0.25, 0.3) is 0 Å². The molecular formula is C20H34N2O2. The molecule has 24 heavy (non-hydrogen) atoms. The highest BCUT2D eigenvalue weighted by Crippen LogP contribution is 2.59. The van der Waals surface area contributed by atoms with Crippen LogP contribution in [0.3, 0.4) is 0 Å².